The standard InChI is InChI=1S/C24H15Br3Cl2N2O3S/c1-33-18-9-13(10-19-23(32)31-24(35-19)30-15-5-3-14(25)4-6-15)20(26)21(27)22(18)34-11-12-2-7-16(28)17(29)8-12/h2-10H,11H2,1H3,(H,30,31,32)/b19-10-. The normalized spacial score (nSPS) is 15.5. The van der Waals surface area contributed by atoms with Crippen LogP contribution in [0.25, 0.3) is 6.08 Å². The number of hydrogen-bond donors (Lipinski definition) is 1. The highest BCUT2D eigenvalue weighted by molar-refractivity contribution is 9.13. The van der Waals surface area contributed by atoms with Gasteiger partial charge in [0.1, 0.15) is 6.61 Å². The number of nitrogens with one attached hydrogen (secondary N) is 1. The third-order valence-electron chi connectivity index (χ3n) is 4.74. The molecule has 180 valence electrons. The van der Waals surface area contributed by atoms with E-state index < -0.39 is 0 Å². The first-order chi connectivity index (χ1) is 16.7. The average molecular weight is 722 g/mol. The molecule has 0 saturated carbocycles. The maximum atomic E-state index is 12.6. The molecule has 1 heterocycles. The maximum absolute atomic E-state index is 12.6. The van der Waals surface area contributed by atoms with Crippen molar-refractivity contribution in [1.29, 1.82) is 0 Å². The summed E-state index contributed by atoms with van der Waals surface area (Å²) in [7, 11) is 1.55. The van der Waals surface area contributed by atoms with Crippen LogP contribution in [0.2, 0.25) is 10.0 Å². The SMILES string of the molecule is COc1cc(/C=C2\SC(=Nc3ccc(Br)cc3)NC2=O)c(Br)c(Br)c1OCc1ccc(Cl)c(Cl)c1. The van der Waals surface area contributed by atoms with E-state index in [4.69, 9.17) is 32.7 Å². The maximum Gasteiger partial charge on any atom is 0.264 e. The fraction of sp³-hybridized carbons (Fsp3) is 0.0833. The molecule has 11 heteroatoms. The molecule has 3 aromatic carbocycles. The van der Waals surface area contributed by atoms with Crippen molar-refractivity contribution < 1.29 is 14.3 Å². The predicted octanol–water partition coefficient (Wildman–Crippen LogP) is 8.76. The molecule has 0 aliphatic carbocycles. The number of carbonyl (C=O) groups excluding carboxylic acids is 1. The van der Waals surface area contributed by atoms with E-state index in [1.54, 1.807) is 31.4 Å². The van der Waals surface area contributed by atoms with Crippen molar-refractivity contribution in [2.24, 2.45) is 4.99 Å². The summed E-state index contributed by atoms with van der Waals surface area (Å²) >= 11 is 24.0. The molecule has 35 heavy (non-hydrogen) atoms. The molecule has 0 spiro atoms. The predicted molar refractivity (Wildman–Crippen MR) is 154 cm³/mol. The number of amidine groups is 1. The second kappa shape index (κ2) is 11.7. The van der Waals surface area contributed by atoms with Crippen molar-refractivity contribution in [1.82, 2.24) is 5.32 Å². The zero-order chi connectivity index (χ0) is 25.1. The summed E-state index contributed by atoms with van der Waals surface area (Å²) < 4.78 is 13.9. The van der Waals surface area contributed by atoms with Gasteiger partial charge in [-0.2, -0.15) is 0 Å². The molecule has 1 aliphatic heterocycles. The quantitative estimate of drug-likeness (QED) is 0.259. The third kappa shape index (κ3) is 6.45. The fourth-order valence-electron chi connectivity index (χ4n) is 3.04. The zero-order valence-corrected chi connectivity index (χ0v) is 25.0. The van der Waals surface area contributed by atoms with Crippen LogP contribution in [0.1, 0.15) is 11.1 Å². The summed E-state index contributed by atoms with van der Waals surface area (Å²) in [4.78, 5) is 17.6. The molecule has 0 unspecified atom stereocenters. The summed E-state index contributed by atoms with van der Waals surface area (Å²) in [6.07, 6.45) is 1.77. The van der Waals surface area contributed by atoms with Crippen molar-refractivity contribution in [3.05, 3.63) is 88.0 Å². The lowest BCUT2D eigenvalue weighted by atomic mass is 10.1. The highest BCUT2D eigenvalue weighted by Gasteiger charge is 2.25. The van der Waals surface area contributed by atoms with Crippen LogP contribution in [0.15, 0.2) is 71.8 Å². The molecular formula is C24H15Br3Cl2N2O3S. The molecule has 5 nitrogen and oxygen atoms in total. The monoisotopic (exact) mass is 718 g/mol. The Morgan fingerprint density at radius 1 is 1.03 bits per heavy atom. The van der Waals surface area contributed by atoms with Gasteiger partial charge in [0.25, 0.3) is 5.91 Å². The van der Waals surface area contributed by atoms with E-state index in [0.717, 1.165) is 21.3 Å². The van der Waals surface area contributed by atoms with E-state index in [0.29, 0.717) is 40.6 Å². The summed E-state index contributed by atoms with van der Waals surface area (Å²) in [5, 5.41) is 4.24. The van der Waals surface area contributed by atoms with E-state index in [9.17, 15) is 4.79 Å². The number of nitrogens with zero attached hydrogens (tertiary/aromatic N) is 1. The Labute approximate surface area is 241 Å². The minimum atomic E-state index is -0.229. The zero-order valence-electron chi connectivity index (χ0n) is 17.9. The first-order valence-electron chi connectivity index (χ1n) is 9.93. The molecule has 0 bridgehead atoms. The van der Waals surface area contributed by atoms with E-state index in [1.807, 2.05) is 30.3 Å². The number of amides is 1. The summed E-state index contributed by atoms with van der Waals surface area (Å²) in [6.45, 7) is 0.257. The molecule has 0 radical (unpaired) electrons. The number of ether oxygens (including phenoxy) is 2. The minimum Gasteiger partial charge on any atom is -0.493 e. The van der Waals surface area contributed by atoms with Crippen molar-refractivity contribution in [3.63, 3.8) is 0 Å². The second-order valence-corrected chi connectivity index (χ2v) is 11.5. The van der Waals surface area contributed by atoms with Gasteiger partial charge in [0.15, 0.2) is 16.7 Å². The molecule has 4 rings (SSSR count). The first-order valence-corrected chi connectivity index (χ1v) is 13.9. The summed E-state index contributed by atoms with van der Waals surface area (Å²) in [5.41, 5.74) is 2.33. The Balaban J connectivity index is 1.58. The van der Waals surface area contributed by atoms with Gasteiger partial charge in [-0.3, -0.25) is 4.79 Å². The van der Waals surface area contributed by atoms with Gasteiger partial charge in [0.2, 0.25) is 0 Å². The average Bonchev–Trinajstić information content (AvgIpc) is 3.18. The van der Waals surface area contributed by atoms with Crippen molar-refractivity contribution >= 4 is 106 Å². The van der Waals surface area contributed by atoms with Gasteiger partial charge in [0.05, 0.1) is 32.2 Å². The Hall–Kier alpha value is -1.49. The molecule has 1 aliphatic rings. The van der Waals surface area contributed by atoms with Crippen LogP contribution in [0, 0.1) is 0 Å². The number of thioether (sulfide) groups is 1. The van der Waals surface area contributed by atoms with E-state index in [-0.39, 0.29) is 12.5 Å². The van der Waals surface area contributed by atoms with Crippen LogP contribution in [-0.2, 0) is 11.4 Å². The fourth-order valence-corrected chi connectivity index (χ4v) is 5.40. The Bertz CT molecular complexity index is 1370. The Morgan fingerprint density at radius 3 is 2.46 bits per heavy atom. The molecule has 1 saturated heterocycles. The van der Waals surface area contributed by atoms with Crippen LogP contribution in [0.3, 0.4) is 0 Å². The van der Waals surface area contributed by atoms with Gasteiger partial charge >= 0.3 is 0 Å². The topological polar surface area (TPSA) is 59.9 Å². The van der Waals surface area contributed by atoms with Gasteiger partial charge in [0, 0.05) is 8.95 Å². The van der Waals surface area contributed by atoms with Gasteiger partial charge in [-0.05, 0) is 103 Å². The molecule has 0 atom stereocenters. The lowest BCUT2D eigenvalue weighted by molar-refractivity contribution is -0.115. The smallest absolute Gasteiger partial charge is 0.264 e. The number of hydrogen-bond acceptors (Lipinski definition) is 5. The summed E-state index contributed by atoms with van der Waals surface area (Å²) in [6, 6.07) is 14.6. The Morgan fingerprint density at radius 2 is 1.77 bits per heavy atom. The molecule has 1 amide bonds. The Kier molecular flexibility index (Phi) is 8.89. The number of methoxy groups -OCH3 is 1. The van der Waals surface area contributed by atoms with Crippen molar-refractivity contribution in [2.45, 2.75) is 6.61 Å². The highest BCUT2D eigenvalue weighted by atomic mass is 79.9. The van der Waals surface area contributed by atoms with E-state index >= 15 is 0 Å². The molecule has 3 aromatic rings. The van der Waals surface area contributed by atoms with Crippen LogP contribution < -0.4 is 14.8 Å². The van der Waals surface area contributed by atoms with Crippen LogP contribution in [-0.4, -0.2) is 18.2 Å². The van der Waals surface area contributed by atoms with Crippen LogP contribution in [0.4, 0.5) is 5.69 Å². The first kappa shape index (κ1) is 26.6. The van der Waals surface area contributed by atoms with E-state index in [1.165, 1.54) is 11.8 Å². The van der Waals surface area contributed by atoms with Gasteiger partial charge in [-0.15, -0.1) is 0 Å². The number of halogens is 5. The van der Waals surface area contributed by atoms with Crippen LogP contribution >= 0.6 is 82.8 Å². The number of aliphatic imine (C=N–C) groups is 1. The van der Waals surface area contributed by atoms with Crippen LogP contribution in [0.5, 0.6) is 11.5 Å². The van der Waals surface area contributed by atoms with Crippen molar-refractivity contribution in [3.8, 4) is 11.5 Å². The van der Waals surface area contributed by atoms with E-state index in [2.05, 4.69) is 58.1 Å². The van der Waals surface area contributed by atoms with Gasteiger partial charge < -0.3 is 14.8 Å². The molecule has 0 aromatic heterocycles. The lowest BCUT2D eigenvalue weighted by Gasteiger charge is -2.16. The third-order valence-corrected chi connectivity index (χ3v) is 9.06. The lowest BCUT2D eigenvalue weighted by Crippen LogP contribution is -2.19. The number of rotatable bonds is 6. The van der Waals surface area contributed by atoms with Gasteiger partial charge in [-0.1, -0.05) is 45.2 Å². The largest absolute Gasteiger partial charge is 0.493 e. The minimum absolute atomic E-state index is 0.229. The number of carbonyl (C=O) groups is 1. The van der Waals surface area contributed by atoms with Gasteiger partial charge in [-0.25, -0.2) is 4.99 Å². The number of benzene rings is 3. The molecule has 1 N–H and O–H groups in total. The highest BCUT2D eigenvalue weighted by Crippen LogP contribution is 2.44. The summed E-state index contributed by atoms with van der Waals surface area (Å²) in [5.74, 6) is 0.778. The second-order valence-electron chi connectivity index (χ2n) is 7.12. The molecule has 1 fully saturated rings. The van der Waals surface area contributed by atoms with Crippen molar-refractivity contribution in [2.75, 3.05) is 7.11 Å². The molecular weight excluding hydrogens is 707 g/mol.